The molecule has 0 aromatic carbocycles. The number of hydrogen-bond acceptors (Lipinski definition) is 2. The van der Waals surface area contributed by atoms with Gasteiger partial charge in [0.1, 0.15) is 0 Å². The molecule has 6 heteroatoms. The molecule has 0 aliphatic heterocycles. The number of halogens is 2. The van der Waals surface area contributed by atoms with Crippen LogP contribution < -0.4 is 0 Å². The number of aliphatic carboxylic acids is 2. The van der Waals surface area contributed by atoms with Crippen LogP contribution in [0.15, 0.2) is 0 Å². The molecule has 0 rings (SSSR count). The quantitative estimate of drug-likeness (QED) is 0.611. The van der Waals surface area contributed by atoms with Crippen molar-refractivity contribution in [1.29, 1.82) is 0 Å². The summed E-state index contributed by atoms with van der Waals surface area (Å²) >= 11 is 5.85. The summed E-state index contributed by atoms with van der Waals surface area (Å²) in [6.45, 7) is 3.11. The van der Waals surface area contributed by atoms with Crippen LogP contribution in [0.5, 0.6) is 0 Å². The molecule has 2 N–H and O–H groups in total. The fourth-order valence-electron chi connectivity index (χ4n) is 0.763. The van der Waals surface area contributed by atoms with Crippen LogP contribution in [0.3, 0.4) is 0 Å². The lowest BCUT2D eigenvalue weighted by molar-refractivity contribution is -0.155. The molecule has 0 radical (unpaired) electrons. The molecular weight excluding hydrogens is 308 g/mol. The zero-order valence-corrected chi connectivity index (χ0v) is 10.3. The highest BCUT2D eigenvalue weighted by Crippen LogP contribution is 2.40. The Labute approximate surface area is 92.6 Å². The smallest absolute Gasteiger partial charge is 0.332 e. The van der Waals surface area contributed by atoms with Crippen LogP contribution in [-0.2, 0) is 9.59 Å². The van der Waals surface area contributed by atoms with E-state index < -0.39 is 21.7 Å². The molecule has 0 saturated carbocycles. The fourth-order valence-corrected chi connectivity index (χ4v) is 1.70. The normalized spacial score (nSPS) is 12.6. The monoisotopic (exact) mass is 316 g/mol. The molecule has 0 unspecified atom stereocenters. The van der Waals surface area contributed by atoms with Crippen LogP contribution in [0.4, 0.5) is 0 Å². The second-order valence-corrected chi connectivity index (χ2v) is 5.04. The topological polar surface area (TPSA) is 74.6 Å². The molecule has 0 spiro atoms. The second kappa shape index (κ2) is 3.96. The summed E-state index contributed by atoms with van der Waals surface area (Å²) in [5.74, 6) is -2.80. The molecule has 0 atom stereocenters. The first kappa shape index (κ1) is 12.9. The number of rotatable bonds is 4. The first-order valence-electron chi connectivity index (χ1n) is 3.42. The van der Waals surface area contributed by atoms with E-state index in [4.69, 9.17) is 10.2 Å². The van der Waals surface area contributed by atoms with Crippen molar-refractivity contribution in [3.05, 3.63) is 0 Å². The third kappa shape index (κ3) is 2.04. The van der Waals surface area contributed by atoms with E-state index in [0.717, 1.165) is 0 Å². The lowest BCUT2D eigenvalue weighted by Gasteiger charge is -2.33. The van der Waals surface area contributed by atoms with Gasteiger partial charge in [0.25, 0.3) is 0 Å². The van der Waals surface area contributed by atoms with Gasteiger partial charge in [-0.1, -0.05) is 45.7 Å². The molecule has 0 aromatic heterocycles. The predicted octanol–water partition coefficient (Wildman–Crippen LogP) is 1.71. The zero-order chi connectivity index (χ0) is 10.9. The highest BCUT2D eigenvalue weighted by molar-refractivity contribution is 9.10. The van der Waals surface area contributed by atoms with Gasteiger partial charge in [0.15, 0.2) is 0 Å². The number of hydrogen-bond donors (Lipinski definition) is 2. The number of carboxylic acid groups (broad SMARTS) is 2. The Morgan fingerprint density at radius 1 is 1.23 bits per heavy atom. The van der Waals surface area contributed by atoms with Crippen LogP contribution in [0.2, 0.25) is 0 Å². The second-order valence-electron chi connectivity index (χ2n) is 3.29. The van der Waals surface area contributed by atoms with Crippen molar-refractivity contribution in [1.82, 2.24) is 0 Å². The Morgan fingerprint density at radius 3 is 1.62 bits per heavy atom. The predicted molar refractivity (Wildman–Crippen MR) is 54.5 cm³/mol. The maximum atomic E-state index is 10.8. The van der Waals surface area contributed by atoms with E-state index in [1.165, 1.54) is 0 Å². The van der Waals surface area contributed by atoms with Crippen molar-refractivity contribution in [3.8, 4) is 0 Å². The molecule has 76 valence electrons. The van der Waals surface area contributed by atoms with Crippen LogP contribution in [0.25, 0.3) is 0 Å². The van der Waals surface area contributed by atoms with Crippen molar-refractivity contribution in [2.75, 3.05) is 5.33 Å². The highest BCUT2D eigenvalue weighted by Gasteiger charge is 2.55. The summed E-state index contributed by atoms with van der Waals surface area (Å²) in [6.07, 6.45) is 0. The van der Waals surface area contributed by atoms with Crippen molar-refractivity contribution >= 4 is 43.8 Å². The standard InChI is InChI=1S/C7H10Br2O4/c1-6(2,3-8)7(9,4(10)11)5(12)13/h3H2,1-2H3,(H,10,11)(H,12,13). The Bertz CT molecular complexity index is 223. The lowest BCUT2D eigenvalue weighted by atomic mass is 9.80. The summed E-state index contributed by atoms with van der Waals surface area (Å²) in [5.41, 5.74) is -0.926. The molecule has 0 amide bonds. The number of carbonyl (C=O) groups is 2. The van der Waals surface area contributed by atoms with E-state index in [0.29, 0.717) is 0 Å². The first-order chi connectivity index (χ1) is 5.70. The van der Waals surface area contributed by atoms with Crippen molar-refractivity contribution in [3.63, 3.8) is 0 Å². The Morgan fingerprint density at radius 2 is 1.54 bits per heavy atom. The molecule has 0 fully saturated rings. The lowest BCUT2D eigenvalue weighted by Crippen LogP contribution is -2.53. The van der Waals surface area contributed by atoms with Gasteiger partial charge in [0.2, 0.25) is 4.32 Å². The van der Waals surface area contributed by atoms with Gasteiger partial charge in [-0.3, -0.25) is 9.59 Å². The summed E-state index contributed by atoms with van der Waals surface area (Å²) in [4.78, 5) is 21.6. The van der Waals surface area contributed by atoms with Crippen LogP contribution in [-0.4, -0.2) is 31.8 Å². The van der Waals surface area contributed by atoms with E-state index in [1.54, 1.807) is 13.8 Å². The molecule has 0 aromatic rings. The van der Waals surface area contributed by atoms with Gasteiger partial charge in [-0.05, 0) is 0 Å². The summed E-state index contributed by atoms with van der Waals surface area (Å²) in [5, 5.41) is 17.9. The van der Waals surface area contributed by atoms with Crippen LogP contribution in [0, 0.1) is 5.41 Å². The highest BCUT2D eigenvalue weighted by atomic mass is 79.9. The summed E-state index contributed by atoms with van der Waals surface area (Å²) < 4.78 is -1.95. The minimum atomic E-state index is -1.95. The van der Waals surface area contributed by atoms with Crippen molar-refractivity contribution < 1.29 is 19.8 Å². The fraction of sp³-hybridized carbons (Fsp3) is 0.714. The molecule has 0 heterocycles. The molecule has 0 aliphatic rings. The SMILES string of the molecule is CC(C)(CBr)C(Br)(C(=O)O)C(=O)O. The summed E-state index contributed by atoms with van der Waals surface area (Å²) in [6, 6.07) is 0. The molecule has 0 aliphatic carbocycles. The van der Waals surface area contributed by atoms with Gasteiger partial charge in [0.05, 0.1) is 0 Å². The molecule has 13 heavy (non-hydrogen) atoms. The maximum Gasteiger partial charge on any atom is 0.332 e. The van der Waals surface area contributed by atoms with Crippen LogP contribution in [0.1, 0.15) is 13.8 Å². The first-order valence-corrected chi connectivity index (χ1v) is 5.33. The van der Waals surface area contributed by atoms with E-state index >= 15 is 0 Å². The van der Waals surface area contributed by atoms with E-state index in [9.17, 15) is 9.59 Å². The van der Waals surface area contributed by atoms with Gasteiger partial charge in [-0.2, -0.15) is 0 Å². The largest absolute Gasteiger partial charge is 0.480 e. The van der Waals surface area contributed by atoms with Gasteiger partial charge < -0.3 is 10.2 Å². The number of carboxylic acids is 2. The molecule has 0 saturated heterocycles. The minimum Gasteiger partial charge on any atom is -0.480 e. The summed E-state index contributed by atoms with van der Waals surface area (Å²) in [7, 11) is 0. The minimum absolute atomic E-state index is 0.268. The molecule has 0 bridgehead atoms. The average Bonchev–Trinajstić information content (AvgIpc) is 2.01. The van der Waals surface area contributed by atoms with Gasteiger partial charge in [0, 0.05) is 10.7 Å². The Balaban J connectivity index is 5.26. The van der Waals surface area contributed by atoms with Crippen molar-refractivity contribution in [2.24, 2.45) is 5.41 Å². The number of alkyl halides is 2. The van der Waals surface area contributed by atoms with Gasteiger partial charge in [-0.15, -0.1) is 0 Å². The maximum absolute atomic E-state index is 10.8. The van der Waals surface area contributed by atoms with Crippen molar-refractivity contribution in [2.45, 2.75) is 18.2 Å². The Hall–Kier alpha value is -0.100. The van der Waals surface area contributed by atoms with Crippen LogP contribution >= 0.6 is 31.9 Å². The molecular formula is C7H10Br2O4. The van der Waals surface area contributed by atoms with E-state index in [2.05, 4.69) is 31.9 Å². The van der Waals surface area contributed by atoms with E-state index in [-0.39, 0.29) is 5.33 Å². The van der Waals surface area contributed by atoms with E-state index in [1.807, 2.05) is 0 Å². The Kier molecular flexibility index (Phi) is 3.93. The van der Waals surface area contributed by atoms with Gasteiger partial charge in [-0.25, -0.2) is 0 Å². The third-order valence-electron chi connectivity index (χ3n) is 1.86. The molecule has 4 nitrogen and oxygen atoms in total. The third-order valence-corrected chi connectivity index (χ3v) is 5.01. The zero-order valence-electron chi connectivity index (χ0n) is 7.17. The average molecular weight is 318 g/mol. The van der Waals surface area contributed by atoms with Gasteiger partial charge >= 0.3 is 11.9 Å².